The zero-order chi connectivity index (χ0) is 47.9. The molecule has 0 N–H and O–H groups in total. The average molecular weight is 911 g/mol. The summed E-state index contributed by atoms with van der Waals surface area (Å²) >= 11 is 0. The Bertz CT molecular complexity index is 3230. The molecule has 0 aliphatic rings. The lowest BCUT2D eigenvalue weighted by Gasteiger charge is -2.28. The maximum absolute atomic E-state index is 6.14. The van der Waals surface area contributed by atoms with Gasteiger partial charge < -0.3 is 19.3 Å². The lowest BCUT2D eigenvalue weighted by Crippen LogP contribution is -2.15. The second-order valence-electron chi connectivity index (χ2n) is 17.2. The molecule has 9 rings (SSSR count). The molecule has 0 amide bonds. The van der Waals surface area contributed by atoms with Crippen molar-refractivity contribution in [2.75, 3.05) is 16.4 Å². The first-order valence-corrected chi connectivity index (χ1v) is 24.0. The molecule has 0 spiro atoms. The third kappa shape index (κ3) is 11.3. The summed E-state index contributed by atoms with van der Waals surface area (Å²) in [6, 6.07) is 73.4. The standard InChI is InChI=1S/C66H58N2O2/c1-4-7-20-59(21-12-13-46-69-47-52-30-26-50(5-2)27-31-52)67(65-24-14-18-57-16-8-10-22-63(57)65)61-42-36-55(37-43-61)56-38-44-62(45-39-56)68(66-25-15-19-58-17-9-11-23-64(58)66)60-40-34-54(35-41-60)49-70-48-53-32-28-51(6-3)29-33-53/h4-6,8-12,14-45H,1-3,7,13,46-49H2. The minimum absolute atomic E-state index is 0.525. The van der Waals surface area contributed by atoms with Crippen LogP contribution in [0.2, 0.25) is 0 Å². The predicted octanol–water partition coefficient (Wildman–Crippen LogP) is 17.9. The number of benzene rings is 9. The third-order valence-electron chi connectivity index (χ3n) is 12.5. The van der Waals surface area contributed by atoms with Gasteiger partial charge in [0, 0.05) is 33.5 Å². The fraction of sp³-hybridized carbons (Fsp3) is 0.0909. The topological polar surface area (TPSA) is 24.9 Å². The highest BCUT2D eigenvalue weighted by molar-refractivity contribution is 5.99. The van der Waals surface area contributed by atoms with Gasteiger partial charge in [0.15, 0.2) is 0 Å². The normalized spacial score (nSPS) is 11.5. The van der Waals surface area contributed by atoms with E-state index >= 15 is 0 Å². The van der Waals surface area contributed by atoms with E-state index < -0.39 is 0 Å². The molecule has 0 saturated carbocycles. The van der Waals surface area contributed by atoms with Crippen LogP contribution in [-0.2, 0) is 29.3 Å². The zero-order valence-electron chi connectivity index (χ0n) is 39.7. The van der Waals surface area contributed by atoms with Gasteiger partial charge in [-0.3, -0.25) is 0 Å². The van der Waals surface area contributed by atoms with Crippen LogP contribution in [0.3, 0.4) is 0 Å². The van der Waals surface area contributed by atoms with Gasteiger partial charge in [-0.25, -0.2) is 0 Å². The van der Waals surface area contributed by atoms with E-state index in [4.69, 9.17) is 9.47 Å². The number of nitrogens with zero attached hydrogens (tertiary/aromatic N) is 2. The fourth-order valence-electron chi connectivity index (χ4n) is 8.78. The van der Waals surface area contributed by atoms with Crippen molar-refractivity contribution in [2.24, 2.45) is 0 Å². The third-order valence-corrected chi connectivity index (χ3v) is 12.5. The number of anilines is 5. The van der Waals surface area contributed by atoms with Crippen LogP contribution in [0.5, 0.6) is 0 Å². The molecule has 0 radical (unpaired) electrons. The highest BCUT2D eigenvalue weighted by Crippen LogP contribution is 2.41. The molecular weight excluding hydrogens is 853 g/mol. The number of rotatable bonds is 21. The molecule has 0 aliphatic heterocycles. The van der Waals surface area contributed by atoms with Crippen molar-refractivity contribution >= 4 is 62.1 Å². The molecule has 4 heteroatoms. The molecule has 9 aromatic carbocycles. The first-order valence-electron chi connectivity index (χ1n) is 24.0. The zero-order valence-corrected chi connectivity index (χ0v) is 39.7. The summed E-state index contributed by atoms with van der Waals surface area (Å²) in [6.45, 7) is 14.0. The van der Waals surface area contributed by atoms with E-state index in [2.05, 4.69) is 254 Å². The van der Waals surface area contributed by atoms with Gasteiger partial charge in [-0.15, -0.1) is 6.58 Å². The Morgan fingerprint density at radius 3 is 1.44 bits per heavy atom. The second-order valence-corrected chi connectivity index (χ2v) is 17.2. The Balaban J connectivity index is 0.971. The molecule has 344 valence electrons. The highest BCUT2D eigenvalue weighted by Gasteiger charge is 2.18. The maximum Gasteiger partial charge on any atom is 0.0721 e. The van der Waals surface area contributed by atoms with Gasteiger partial charge in [0.05, 0.1) is 37.8 Å². The summed E-state index contributed by atoms with van der Waals surface area (Å²) in [7, 11) is 0. The van der Waals surface area contributed by atoms with Crippen molar-refractivity contribution in [3.05, 3.63) is 284 Å². The molecular formula is C66H58N2O2. The Morgan fingerprint density at radius 1 is 0.443 bits per heavy atom. The molecule has 4 nitrogen and oxygen atoms in total. The number of allylic oxidation sites excluding steroid dienone is 3. The largest absolute Gasteiger partial charge is 0.376 e. The van der Waals surface area contributed by atoms with Crippen LogP contribution in [0, 0.1) is 0 Å². The summed E-state index contributed by atoms with van der Waals surface area (Å²) < 4.78 is 12.2. The molecule has 0 atom stereocenters. The predicted molar refractivity (Wildman–Crippen MR) is 298 cm³/mol. The minimum Gasteiger partial charge on any atom is -0.376 e. The summed E-state index contributed by atoms with van der Waals surface area (Å²) in [5.41, 5.74) is 14.4. The Labute approximate surface area is 413 Å². The molecule has 0 aromatic heterocycles. The molecule has 0 bridgehead atoms. The Kier molecular flexibility index (Phi) is 15.5. The van der Waals surface area contributed by atoms with Crippen LogP contribution in [0.4, 0.5) is 28.4 Å². The van der Waals surface area contributed by atoms with Crippen molar-refractivity contribution in [3.8, 4) is 11.1 Å². The van der Waals surface area contributed by atoms with Gasteiger partial charge in [-0.2, -0.15) is 0 Å². The molecule has 0 heterocycles. The smallest absolute Gasteiger partial charge is 0.0721 e. The van der Waals surface area contributed by atoms with Gasteiger partial charge >= 0.3 is 0 Å². The van der Waals surface area contributed by atoms with Crippen molar-refractivity contribution in [3.63, 3.8) is 0 Å². The monoisotopic (exact) mass is 910 g/mol. The average Bonchev–Trinajstić information content (AvgIpc) is 3.42. The van der Waals surface area contributed by atoms with Crippen molar-refractivity contribution < 1.29 is 9.47 Å². The van der Waals surface area contributed by atoms with Crippen molar-refractivity contribution in [1.82, 2.24) is 0 Å². The van der Waals surface area contributed by atoms with E-state index in [9.17, 15) is 0 Å². The van der Waals surface area contributed by atoms with Gasteiger partial charge in [-0.1, -0.05) is 201 Å². The quantitative estimate of drug-likeness (QED) is 0.0407. The highest BCUT2D eigenvalue weighted by atomic mass is 16.5. The van der Waals surface area contributed by atoms with Gasteiger partial charge in [0.2, 0.25) is 0 Å². The van der Waals surface area contributed by atoms with Gasteiger partial charge in [0.25, 0.3) is 0 Å². The van der Waals surface area contributed by atoms with E-state index in [1.54, 1.807) is 0 Å². The molecule has 0 saturated heterocycles. The van der Waals surface area contributed by atoms with E-state index in [-0.39, 0.29) is 0 Å². The number of hydrogen-bond donors (Lipinski definition) is 0. The lowest BCUT2D eigenvalue weighted by atomic mass is 10.0. The Hall–Kier alpha value is -8.28. The summed E-state index contributed by atoms with van der Waals surface area (Å²) in [5.74, 6) is 0. The first-order chi connectivity index (χ1) is 34.6. The summed E-state index contributed by atoms with van der Waals surface area (Å²) in [6.07, 6.45) is 13.8. The molecule has 0 aliphatic carbocycles. The van der Waals surface area contributed by atoms with Gasteiger partial charge in [0.1, 0.15) is 0 Å². The molecule has 0 fully saturated rings. The van der Waals surface area contributed by atoms with Crippen molar-refractivity contribution in [2.45, 2.75) is 32.7 Å². The fourth-order valence-corrected chi connectivity index (χ4v) is 8.78. The van der Waals surface area contributed by atoms with Crippen LogP contribution >= 0.6 is 0 Å². The van der Waals surface area contributed by atoms with E-state index in [0.29, 0.717) is 26.4 Å². The van der Waals surface area contributed by atoms with Crippen LogP contribution in [0.15, 0.2) is 256 Å². The maximum atomic E-state index is 6.14. The van der Waals surface area contributed by atoms with E-state index in [1.165, 1.54) is 21.5 Å². The molecule has 70 heavy (non-hydrogen) atoms. The van der Waals surface area contributed by atoms with Crippen molar-refractivity contribution in [1.29, 1.82) is 0 Å². The van der Waals surface area contributed by atoms with Crippen LogP contribution in [-0.4, -0.2) is 6.61 Å². The number of fused-ring (bicyclic) bond motifs is 2. The summed E-state index contributed by atoms with van der Waals surface area (Å²) in [5, 5.41) is 4.75. The SMILES string of the molecule is C=CCC=C(C=CCCOCc1ccc(C=C)cc1)N(c1ccc(-c2ccc(N(c3ccc(COCc4ccc(C=C)cc4)cc3)c3cccc4ccccc34)cc2)cc1)c1cccc2ccccc12. The number of ether oxygens (including phenoxy) is 2. The Morgan fingerprint density at radius 2 is 0.900 bits per heavy atom. The molecule has 9 aromatic rings. The van der Waals surface area contributed by atoms with Crippen LogP contribution in [0.1, 0.15) is 40.7 Å². The molecule has 0 unspecified atom stereocenters. The summed E-state index contributed by atoms with van der Waals surface area (Å²) in [4.78, 5) is 4.71. The van der Waals surface area contributed by atoms with E-state index in [0.717, 1.165) is 85.9 Å². The second kappa shape index (κ2) is 23.1. The van der Waals surface area contributed by atoms with Gasteiger partial charge in [-0.05, 0) is 117 Å². The van der Waals surface area contributed by atoms with Crippen LogP contribution in [0.25, 0.3) is 44.8 Å². The minimum atomic E-state index is 0.525. The number of hydrogen-bond acceptors (Lipinski definition) is 4. The first kappa shape index (κ1) is 46.8. The van der Waals surface area contributed by atoms with Crippen LogP contribution < -0.4 is 9.80 Å². The lowest BCUT2D eigenvalue weighted by molar-refractivity contribution is 0.107. The van der Waals surface area contributed by atoms with E-state index in [1.807, 2.05) is 18.2 Å².